The van der Waals surface area contributed by atoms with Crippen LogP contribution in [0.4, 0.5) is 0 Å². The summed E-state index contributed by atoms with van der Waals surface area (Å²) in [5.74, 6) is 0.310. The van der Waals surface area contributed by atoms with Crippen molar-refractivity contribution in [3.05, 3.63) is 65.6 Å². The van der Waals surface area contributed by atoms with E-state index in [2.05, 4.69) is 4.98 Å². The van der Waals surface area contributed by atoms with Crippen LogP contribution in [-0.4, -0.2) is 22.5 Å². The summed E-state index contributed by atoms with van der Waals surface area (Å²) in [6.07, 6.45) is 3.86. The van der Waals surface area contributed by atoms with Gasteiger partial charge in [0, 0.05) is 18.0 Å². The Kier molecular flexibility index (Phi) is 3.78. The summed E-state index contributed by atoms with van der Waals surface area (Å²) in [6.45, 7) is 2.21. The van der Waals surface area contributed by atoms with E-state index >= 15 is 0 Å². The first-order valence-electron chi connectivity index (χ1n) is 6.92. The highest BCUT2D eigenvalue weighted by Gasteiger charge is 2.12. The highest BCUT2D eigenvalue weighted by Crippen LogP contribution is 2.21. The molecule has 0 saturated carbocycles. The van der Waals surface area contributed by atoms with Crippen molar-refractivity contribution >= 4 is 11.6 Å². The smallest absolute Gasteiger partial charge is 0.338 e. The number of methoxy groups -OCH3 is 1. The third-order valence-corrected chi connectivity index (χ3v) is 3.37. The maximum absolute atomic E-state index is 11.8. The Hall–Kier alpha value is -2.82. The van der Waals surface area contributed by atoms with Gasteiger partial charge in [-0.3, -0.25) is 0 Å². The predicted molar refractivity (Wildman–Crippen MR) is 82.0 cm³/mol. The molecule has 0 radical (unpaired) electrons. The molecule has 0 unspecified atom stereocenters. The molecular weight excluding hydrogens is 280 g/mol. The summed E-state index contributed by atoms with van der Waals surface area (Å²) in [4.78, 5) is 16.2. The maximum atomic E-state index is 11.8. The van der Waals surface area contributed by atoms with Crippen LogP contribution in [0, 0.1) is 6.92 Å². The number of carbonyl (C=O) groups excluding carboxylic acids is 1. The van der Waals surface area contributed by atoms with Crippen molar-refractivity contribution < 1.29 is 14.3 Å². The average Bonchev–Trinajstić information content (AvgIpc) is 2.93. The Bertz CT molecular complexity index is 824. The minimum atomic E-state index is -0.367. The number of hydrogen-bond donors (Lipinski definition) is 0. The molecule has 0 aliphatic heterocycles. The molecule has 3 rings (SSSR count). The molecule has 22 heavy (non-hydrogen) atoms. The van der Waals surface area contributed by atoms with Gasteiger partial charge in [0.15, 0.2) is 11.4 Å². The van der Waals surface area contributed by atoms with Gasteiger partial charge in [0.25, 0.3) is 0 Å². The Balaban J connectivity index is 1.87. The monoisotopic (exact) mass is 296 g/mol. The maximum Gasteiger partial charge on any atom is 0.338 e. The van der Waals surface area contributed by atoms with E-state index in [1.807, 2.05) is 48.0 Å². The van der Waals surface area contributed by atoms with Gasteiger partial charge in [-0.05, 0) is 25.1 Å². The number of nitrogens with zero attached hydrogens (tertiary/aromatic N) is 2. The number of imidazole rings is 1. The van der Waals surface area contributed by atoms with E-state index in [1.54, 1.807) is 12.1 Å². The lowest BCUT2D eigenvalue weighted by Crippen LogP contribution is -2.08. The van der Waals surface area contributed by atoms with Crippen LogP contribution in [0.15, 0.2) is 48.8 Å². The molecule has 0 atom stereocenters. The lowest BCUT2D eigenvalue weighted by molar-refractivity contribution is 0.0598. The van der Waals surface area contributed by atoms with Gasteiger partial charge in [-0.15, -0.1) is 0 Å². The molecule has 0 amide bonds. The first-order valence-corrected chi connectivity index (χ1v) is 6.92. The largest absolute Gasteiger partial charge is 0.485 e. The number of hydrogen-bond acceptors (Lipinski definition) is 4. The molecule has 3 aromatic rings. The zero-order valence-corrected chi connectivity index (χ0v) is 12.4. The van der Waals surface area contributed by atoms with Gasteiger partial charge in [-0.1, -0.05) is 18.2 Å². The molecule has 5 heteroatoms. The number of esters is 1. The Morgan fingerprint density at radius 1 is 1.23 bits per heavy atom. The molecule has 0 N–H and O–H groups in total. The Morgan fingerprint density at radius 3 is 2.86 bits per heavy atom. The number of rotatable bonds is 4. The summed E-state index contributed by atoms with van der Waals surface area (Å²) in [7, 11) is 1.37. The van der Waals surface area contributed by atoms with Gasteiger partial charge in [0.1, 0.15) is 6.61 Å². The second-order valence-electron chi connectivity index (χ2n) is 4.92. The summed E-state index contributed by atoms with van der Waals surface area (Å²) in [5.41, 5.74) is 2.97. The van der Waals surface area contributed by atoms with Gasteiger partial charge in [0.2, 0.25) is 0 Å². The number of ether oxygens (including phenoxy) is 2. The van der Waals surface area contributed by atoms with Crippen molar-refractivity contribution in [3.8, 4) is 5.75 Å². The van der Waals surface area contributed by atoms with E-state index in [1.165, 1.54) is 7.11 Å². The van der Waals surface area contributed by atoms with E-state index in [0.29, 0.717) is 11.3 Å². The number of carbonyl (C=O) groups is 1. The van der Waals surface area contributed by atoms with E-state index in [-0.39, 0.29) is 12.6 Å². The number of fused-ring (bicyclic) bond motifs is 1. The standard InChI is InChI=1S/C17H16N2O3/c1-12-10-19-9-5-8-15(16(19)18-12)22-11-13-6-3-4-7-14(13)17(20)21-2/h3-10H,11H2,1-2H3. The second-order valence-corrected chi connectivity index (χ2v) is 4.92. The van der Waals surface area contributed by atoms with Crippen molar-refractivity contribution in [2.24, 2.45) is 0 Å². The van der Waals surface area contributed by atoms with Crippen molar-refractivity contribution in [1.82, 2.24) is 9.38 Å². The first kappa shape index (κ1) is 14.1. The number of aromatic nitrogens is 2. The van der Waals surface area contributed by atoms with Gasteiger partial charge in [0.05, 0.1) is 18.4 Å². The average molecular weight is 296 g/mol. The van der Waals surface area contributed by atoms with E-state index in [4.69, 9.17) is 9.47 Å². The molecule has 2 aromatic heterocycles. The number of aryl methyl sites for hydroxylation is 1. The lowest BCUT2D eigenvalue weighted by atomic mass is 10.1. The van der Waals surface area contributed by atoms with E-state index < -0.39 is 0 Å². The normalized spacial score (nSPS) is 10.6. The molecule has 0 aliphatic carbocycles. The van der Waals surface area contributed by atoms with Crippen LogP contribution >= 0.6 is 0 Å². The molecule has 112 valence electrons. The second kappa shape index (κ2) is 5.89. The summed E-state index contributed by atoms with van der Waals surface area (Å²) in [6, 6.07) is 11.0. The topological polar surface area (TPSA) is 52.8 Å². The summed E-state index contributed by atoms with van der Waals surface area (Å²) < 4.78 is 12.6. The van der Waals surface area contributed by atoms with Crippen molar-refractivity contribution in [3.63, 3.8) is 0 Å². The molecule has 0 saturated heterocycles. The number of benzene rings is 1. The fraction of sp³-hybridized carbons (Fsp3) is 0.176. The molecular formula is C17H16N2O3. The van der Waals surface area contributed by atoms with Gasteiger partial charge < -0.3 is 13.9 Å². The van der Waals surface area contributed by atoms with Crippen molar-refractivity contribution in [2.45, 2.75) is 13.5 Å². The molecule has 0 bridgehead atoms. The van der Waals surface area contributed by atoms with Gasteiger partial charge in [-0.2, -0.15) is 0 Å². The summed E-state index contributed by atoms with van der Waals surface area (Å²) >= 11 is 0. The van der Waals surface area contributed by atoms with Crippen molar-refractivity contribution in [2.75, 3.05) is 7.11 Å². The minimum absolute atomic E-state index is 0.275. The minimum Gasteiger partial charge on any atom is -0.485 e. The van der Waals surface area contributed by atoms with Crippen molar-refractivity contribution in [1.29, 1.82) is 0 Å². The molecule has 0 aliphatic rings. The van der Waals surface area contributed by atoms with E-state index in [9.17, 15) is 4.79 Å². The quantitative estimate of drug-likeness (QED) is 0.694. The third kappa shape index (κ3) is 2.65. The Labute approximate surface area is 128 Å². The van der Waals surface area contributed by atoms with Crippen LogP contribution in [0.2, 0.25) is 0 Å². The lowest BCUT2D eigenvalue weighted by Gasteiger charge is -2.10. The molecule has 0 fully saturated rings. The third-order valence-electron chi connectivity index (χ3n) is 3.37. The predicted octanol–water partition coefficient (Wildman–Crippen LogP) is 3.01. The fourth-order valence-electron chi connectivity index (χ4n) is 2.33. The van der Waals surface area contributed by atoms with Crippen LogP contribution in [0.5, 0.6) is 5.75 Å². The fourth-order valence-corrected chi connectivity index (χ4v) is 2.33. The Morgan fingerprint density at radius 2 is 2.05 bits per heavy atom. The SMILES string of the molecule is COC(=O)c1ccccc1COc1cccn2cc(C)nc12. The molecule has 5 nitrogen and oxygen atoms in total. The van der Waals surface area contributed by atoms with Crippen LogP contribution in [0.1, 0.15) is 21.6 Å². The zero-order chi connectivity index (χ0) is 15.5. The molecule has 1 aromatic carbocycles. The molecule has 0 spiro atoms. The summed E-state index contributed by atoms with van der Waals surface area (Å²) in [5, 5.41) is 0. The first-order chi connectivity index (χ1) is 10.7. The van der Waals surface area contributed by atoms with Gasteiger partial charge in [-0.25, -0.2) is 9.78 Å². The molecule has 2 heterocycles. The van der Waals surface area contributed by atoms with Crippen LogP contribution in [0.3, 0.4) is 0 Å². The zero-order valence-electron chi connectivity index (χ0n) is 12.4. The van der Waals surface area contributed by atoms with Crippen LogP contribution in [-0.2, 0) is 11.3 Å². The number of pyridine rings is 1. The highest BCUT2D eigenvalue weighted by molar-refractivity contribution is 5.90. The van der Waals surface area contributed by atoms with Crippen LogP contribution < -0.4 is 4.74 Å². The highest BCUT2D eigenvalue weighted by atomic mass is 16.5. The van der Waals surface area contributed by atoms with E-state index in [0.717, 1.165) is 16.9 Å². The van der Waals surface area contributed by atoms with Gasteiger partial charge >= 0.3 is 5.97 Å². The van der Waals surface area contributed by atoms with Crippen LogP contribution in [0.25, 0.3) is 5.65 Å².